The third-order valence-corrected chi connectivity index (χ3v) is 5.55. The van der Waals surface area contributed by atoms with Crippen LogP contribution >= 0.6 is 0 Å². The maximum Gasteiger partial charge on any atom is -0.0303 e. The molecule has 0 bridgehead atoms. The summed E-state index contributed by atoms with van der Waals surface area (Å²) >= 11 is 0. The van der Waals surface area contributed by atoms with E-state index in [0.717, 1.165) is 5.92 Å². The van der Waals surface area contributed by atoms with Gasteiger partial charge in [-0.05, 0) is 42.4 Å². The molecule has 1 aliphatic rings. The molecule has 0 N–H and O–H groups in total. The first-order valence-electron chi connectivity index (χ1n) is 7.42. The largest absolute Gasteiger partial charge is 0.0649 e. The monoisotopic (exact) mass is 224 g/mol. The van der Waals surface area contributed by atoms with Gasteiger partial charge in [0.05, 0.1) is 0 Å². The summed E-state index contributed by atoms with van der Waals surface area (Å²) in [5.41, 5.74) is 1.25. The lowest BCUT2D eigenvalue weighted by atomic mass is 9.71. The van der Waals surface area contributed by atoms with Crippen molar-refractivity contribution >= 4 is 0 Å². The van der Waals surface area contributed by atoms with E-state index in [1.807, 2.05) is 0 Å². The zero-order chi connectivity index (χ0) is 12.2. The number of rotatable bonds is 2. The summed E-state index contributed by atoms with van der Waals surface area (Å²) in [6.07, 6.45) is 11.5. The molecule has 2 unspecified atom stereocenters. The summed E-state index contributed by atoms with van der Waals surface area (Å²) in [5.74, 6) is 0.846. The molecule has 1 aliphatic carbocycles. The molecule has 0 heteroatoms. The SMILES string of the molecule is CCC1(C)CCCCC(C)(C(C)C)CCC1. The molecule has 96 valence electrons. The smallest absolute Gasteiger partial charge is 0.0303 e. The molecule has 0 aromatic rings. The normalized spacial score (nSPS) is 37.9. The molecule has 0 heterocycles. The molecule has 16 heavy (non-hydrogen) atoms. The zero-order valence-corrected chi connectivity index (χ0v) is 12.2. The molecule has 0 spiro atoms. The van der Waals surface area contributed by atoms with Crippen molar-refractivity contribution in [3.05, 3.63) is 0 Å². The van der Waals surface area contributed by atoms with Crippen molar-refractivity contribution < 1.29 is 0 Å². The molecule has 1 saturated carbocycles. The predicted molar refractivity (Wildman–Crippen MR) is 73.7 cm³/mol. The van der Waals surface area contributed by atoms with Gasteiger partial charge in [0.2, 0.25) is 0 Å². The Bertz CT molecular complexity index is 206. The first kappa shape index (κ1) is 14.1. The quantitative estimate of drug-likeness (QED) is 0.555. The average molecular weight is 224 g/mol. The van der Waals surface area contributed by atoms with Crippen molar-refractivity contribution in [2.75, 3.05) is 0 Å². The molecule has 0 radical (unpaired) electrons. The van der Waals surface area contributed by atoms with Gasteiger partial charge in [-0.2, -0.15) is 0 Å². The van der Waals surface area contributed by atoms with E-state index in [9.17, 15) is 0 Å². The molecule has 0 aliphatic heterocycles. The van der Waals surface area contributed by atoms with Crippen LogP contribution in [0.1, 0.15) is 86.0 Å². The lowest BCUT2D eigenvalue weighted by Gasteiger charge is -2.34. The molecule has 0 nitrogen and oxygen atoms in total. The van der Waals surface area contributed by atoms with Crippen LogP contribution in [0, 0.1) is 16.7 Å². The Labute approximate surface area is 103 Å². The third-order valence-electron chi connectivity index (χ3n) is 5.55. The molecule has 1 rings (SSSR count). The lowest BCUT2D eigenvalue weighted by Crippen LogP contribution is -2.23. The minimum atomic E-state index is 0.610. The third kappa shape index (κ3) is 3.50. The number of hydrogen-bond acceptors (Lipinski definition) is 0. The van der Waals surface area contributed by atoms with Crippen molar-refractivity contribution in [1.82, 2.24) is 0 Å². The number of hydrogen-bond donors (Lipinski definition) is 0. The summed E-state index contributed by atoms with van der Waals surface area (Å²) < 4.78 is 0. The summed E-state index contributed by atoms with van der Waals surface area (Å²) in [6.45, 7) is 12.2. The van der Waals surface area contributed by atoms with Gasteiger partial charge in [-0.15, -0.1) is 0 Å². The molecule has 0 saturated heterocycles. The maximum absolute atomic E-state index is 2.52. The predicted octanol–water partition coefficient (Wildman–Crippen LogP) is 5.81. The second-order valence-electron chi connectivity index (χ2n) is 7.03. The molecule has 2 atom stereocenters. The van der Waals surface area contributed by atoms with Gasteiger partial charge in [0, 0.05) is 0 Å². The Hall–Kier alpha value is 0. The van der Waals surface area contributed by atoms with E-state index in [1.54, 1.807) is 0 Å². The van der Waals surface area contributed by atoms with E-state index < -0.39 is 0 Å². The van der Waals surface area contributed by atoms with Crippen molar-refractivity contribution in [3.8, 4) is 0 Å². The Balaban J connectivity index is 2.62. The average Bonchev–Trinajstić information content (AvgIpc) is 2.30. The Morgan fingerprint density at radius 2 is 1.38 bits per heavy atom. The fourth-order valence-electron chi connectivity index (χ4n) is 3.18. The summed E-state index contributed by atoms with van der Waals surface area (Å²) in [7, 11) is 0. The van der Waals surface area contributed by atoms with Crippen LogP contribution in [-0.4, -0.2) is 0 Å². The van der Waals surface area contributed by atoms with Gasteiger partial charge in [0.1, 0.15) is 0 Å². The summed E-state index contributed by atoms with van der Waals surface area (Å²) in [5, 5.41) is 0. The molecule has 1 fully saturated rings. The molecule has 0 aromatic carbocycles. The highest BCUT2D eigenvalue weighted by Gasteiger charge is 2.31. The van der Waals surface area contributed by atoms with Crippen molar-refractivity contribution in [2.24, 2.45) is 16.7 Å². The Morgan fingerprint density at radius 1 is 0.875 bits per heavy atom. The maximum atomic E-state index is 2.52. The van der Waals surface area contributed by atoms with Crippen LogP contribution in [0.25, 0.3) is 0 Å². The van der Waals surface area contributed by atoms with Crippen LogP contribution in [0.3, 0.4) is 0 Å². The second kappa shape index (κ2) is 5.56. The Morgan fingerprint density at radius 3 is 1.94 bits per heavy atom. The fourth-order valence-corrected chi connectivity index (χ4v) is 3.18. The van der Waals surface area contributed by atoms with E-state index >= 15 is 0 Å². The molecule has 0 amide bonds. The topological polar surface area (TPSA) is 0 Å². The lowest BCUT2D eigenvalue weighted by molar-refractivity contribution is 0.169. The van der Waals surface area contributed by atoms with Gasteiger partial charge in [0.15, 0.2) is 0 Å². The zero-order valence-electron chi connectivity index (χ0n) is 12.2. The fraction of sp³-hybridized carbons (Fsp3) is 1.00. The molecule has 0 aromatic heterocycles. The van der Waals surface area contributed by atoms with Crippen molar-refractivity contribution in [2.45, 2.75) is 86.0 Å². The summed E-state index contributed by atoms with van der Waals surface area (Å²) in [6, 6.07) is 0. The van der Waals surface area contributed by atoms with E-state index in [2.05, 4.69) is 34.6 Å². The van der Waals surface area contributed by atoms with E-state index in [-0.39, 0.29) is 0 Å². The highest BCUT2D eigenvalue weighted by atomic mass is 14.4. The van der Waals surface area contributed by atoms with Crippen molar-refractivity contribution in [1.29, 1.82) is 0 Å². The molecular weight excluding hydrogens is 192 g/mol. The van der Waals surface area contributed by atoms with Crippen LogP contribution in [0.15, 0.2) is 0 Å². The highest BCUT2D eigenvalue weighted by molar-refractivity contribution is 4.82. The van der Waals surface area contributed by atoms with Gasteiger partial charge in [-0.25, -0.2) is 0 Å². The van der Waals surface area contributed by atoms with Gasteiger partial charge < -0.3 is 0 Å². The first-order valence-corrected chi connectivity index (χ1v) is 7.42. The van der Waals surface area contributed by atoms with Gasteiger partial charge in [-0.1, -0.05) is 60.3 Å². The van der Waals surface area contributed by atoms with E-state index in [0.29, 0.717) is 10.8 Å². The van der Waals surface area contributed by atoms with Crippen LogP contribution < -0.4 is 0 Å². The van der Waals surface area contributed by atoms with Gasteiger partial charge >= 0.3 is 0 Å². The van der Waals surface area contributed by atoms with E-state index in [1.165, 1.54) is 51.4 Å². The van der Waals surface area contributed by atoms with Crippen LogP contribution in [-0.2, 0) is 0 Å². The Kier molecular flexibility index (Phi) is 4.88. The van der Waals surface area contributed by atoms with Gasteiger partial charge in [0.25, 0.3) is 0 Å². The first-order chi connectivity index (χ1) is 7.42. The summed E-state index contributed by atoms with van der Waals surface area (Å²) in [4.78, 5) is 0. The van der Waals surface area contributed by atoms with Crippen LogP contribution in [0.2, 0.25) is 0 Å². The minimum Gasteiger partial charge on any atom is -0.0649 e. The van der Waals surface area contributed by atoms with Crippen LogP contribution in [0.5, 0.6) is 0 Å². The molecular formula is C16H32. The van der Waals surface area contributed by atoms with E-state index in [4.69, 9.17) is 0 Å². The van der Waals surface area contributed by atoms with Gasteiger partial charge in [-0.3, -0.25) is 0 Å². The second-order valence-corrected chi connectivity index (χ2v) is 7.03. The van der Waals surface area contributed by atoms with Crippen LogP contribution in [0.4, 0.5) is 0 Å². The highest BCUT2D eigenvalue weighted by Crippen LogP contribution is 2.43. The van der Waals surface area contributed by atoms with Crippen molar-refractivity contribution in [3.63, 3.8) is 0 Å². The standard InChI is InChI=1S/C16H32/c1-6-15(4)10-7-8-12-16(5,14(2)3)13-9-11-15/h14H,6-13H2,1-5H3. The minimum absolute atomic E-state index is 0.610.